The van der Waals surface area contributed by atoms with Gasteiger partial charge >= 0.3 is 0 Å². The predicted octanol–water partition coefficient (Wildman–Crippen LogP) is 3.26. The molecule has 1 saturated heterocycles. The van der Waals surface area contributed by atoms with Gasteiger partial charge in [-0.05, 0) is 42.5 Å². The summed E-state index contributed by atoms with van der Waals surface area (Å²) in [7, 11) is 3.37. The first kappa shape index (κ1) is 17.8. The van der Waals surface area contributed by atoms with Gasteiger partial charge in [-0.15, -0.1) is 0 Å². The highest BCUT2D eigenvalue weighted by atomic mass is 16.5. The maximum Gasteiger partial charge on any atom is 0.165 e. The van der Waals surface area contributed by atoms with Crippen molar-refractivity contribution in [2.45, 2.75) is 26.0 Å². The van der Waals surface area contributed by atoms with Gasteiger partial charge in [0.05, 0.1) is 20.8 Å². The van der Waals surface area contributed by atoms with Gasteiger partial charge in [-0.3, -0.25) is 4.90 Å². The van der Waals surface area contributed by atoms with Gasteiger partial charge in [-0.1, -0.05) is 36.4 Å². The maximum absolute atomic E-state index is 9.29. The zero-order valence-electron chi connectivity index (χ0n) is 15.1. The first-order valence-corrected chi connectivity index (χ1v) is 8.84. The Morgan fingerprint density at radius 1 is 1.08 bits per heavy atom. The summed E-state index contributed by atoms with van der Waals surface area (Å²) in [5, 5.41) is 9.29. The molecule has 0 amide bonds. The third-order valence-corrected chi connectivity index (χ3v) is 4.95. The molecule has 0 spiro atoms. The van der Waals surface area contributed by atoms with Gasteiger partial charge in [0.25, 0.3) is 0 Å². The third kappa shape index (κ3) is 4.33. The number of rotatable bonds is 7. The molecule has 0 aromatic heterocycles. The largest absolute Gasteiger partial charge is 0.493 e. The molecule has 1 heterocycles. The second kappa shape index (κ2) is 8.37. The lowest BCUT2D eigenvalue weighted by Gasteiger charge is -2.19. The van der Waals surface area contributed by atoms with E-state index in [4.69, 9.17) is 9.47 Å². The van der Waals surface area contributed by atoms with E-state index in [2.05, 4.69) is 23.1 Å². The van der Waals surface area contributed by atoms with Crippen molar-refractivity contribution in [2.75, 3.05) is 27.3 Å². The molecular formula is C21H27NO3. The van der Waals surface area contributed by atoms with Crippen molar-refractivity contribution >= 4 is 0 Å². The minimum Gasteiger partial charge on any atom is -0.493 e. The van der Waals surface area contributed by atoms with E-state index in [0.717, 1.165) is 43.1 Å². The Bertz CT molecular complexity index is 701. The van der Waals surface area contributed by atoms with E-state index >= 15 is 0 Å². The minimum atomic E-state index is 0.111. The average Bonchev–Trinajstić information content (AvgIpc) is 3.08. The van der Waals surface area contributed by atoms with Crippen molar-refractivity contribution in [2.24, 2.45) is 5.92 Å². The molecule has 1 aliphatic heterocycles. The molecule has 1 aliphatic rings. The molecule has 4 nitrogen and oxygen atoms in total. The van der Waals surface area contributed by atoms with Gasteiger partial charge in [-0.2, -0.15) is 0 Å². The number of hydrogen-bond donors (Lipinski definition) is 1. The van der Waals surface area contributed by atoms with Gasteiger partial charge in [-0.25, -0.2) is 0 Å². The van der Waals surface area contributed by atoms with Crippen molar-refractivity contribution in [1.29, 1.82) is 0 Å². The summed E-state index contributed by atoms with van der Waals surface area (Å²) >= 11 is 0. The number of nitrogens with zero attached hydrogens (tertiary/aromatic N) is 1. The van der Waals surface area contributed by atoms with Crippen LogP contribution in [-0.2, 0) is 19.6 Å². The summed E-state index contributed by atoms with van der Waals surface area (Å²) < 4.78 is 10.9. The molecule has 2 aromatic carbocycles. The number of methoxy groups -OCH3 is 2. The number of benzene rings is 2. The number of aliphatic hydroxyl groups is 1. The summed E-state index contributed by atoms with van der Waals surface area (Å²) in [6, 6.07) is 14.3. The van der Waals surface area contributed by atoms with Gasteiger partial charge in [0, 0.05) is 18.7 Å². The van der Waals surface area contributed by atoms with Gasteiger partial charge in [0.2, 0.25) is 0 Å². The summed E-state index contributed by atoms with van der Waals surface area (Å²) in [4.78, 5) is 2.48. The maximum atomic E-state index is 9.29. The fourth-order valence-corrected chi connectivity index (χ4v) is 3.73. The molecule has 0 aliphatic carbocycles. The van der Waals surface area contributed by atoms with E-state index < -0.39 is 0 Å². The molecule has 1 N–H and O–H groups in total. The predicted molar refractivity (Wildman–Crippen MR) is 99.0 cm³/mol. The highest BCUT2D eigenvalue weighted by Gasteiger charge is 2.24. The first-order valence-electron chi connectivity index (χ1n) is 8.84. The molecule has 1 atom stereocenters. The Hall–Kier alpha value is -2.04. The Labute approximate surface area is 150 Å². The summed E-state index contributed by atoms with van der Waals surface area (Å²) in [5.41, 5.74) is 3.48. The molecule has 0 unspecified atom stereocenters. The lowest BCUT2D eigenvalue weighted by molar-refractivity contribution is 0.281. The first-order chi connectivity index (χ1) is 12.2. The van der Waals surface area contributed by atoms with E-state index in [-0.39, 0.29) is 6.61 Å². The van der Waals surface area contributed by atoms with Crippen molar-refractivity contribution in [1.82, 2.24) is 4.90 Å². The number of aliphatic hydroxyl groups excluding tert-OH is 1. The zero-order chi connectivity index (χ0) is 17.6. The fraction of sp³-hybridized carbons (Fsp3) is 0.429. The molecule has 0 saturated carbocycles. The van der Waals surface area contributed by atoms with Crippen molar-refractivity contribution in [3.8, 4) is 11.5 Å². The molecule has 0 radical (unpaired) electrons. The summed E-state index contributed by atoms with van der Waals surface area (Å²) in [6.45, 7) is 3.18. The van der Waals surface area contributed by atoms with E-state index in [1.54, 1.807) is 14.2 Å². The topological polar surface area (TPSA) is 41.9 Å². The Balaban J connectivity index is 1.62. The molecular weight excluding hydrogens is 314 g/mol. The van der Waals surface area contributed by atoms with Crippen molar-refractivity contribution in [3.63, 3.8) is 0 Å². The normalized spacial score (nSPS) is 17.6. The molecule has 4 heteroatoms. The molecule has 1 fully saturated rings. The smallest absolute Gasteiger partial charge is 0.165 e. The lowest BCUT2D eigenvalue weighted by atomic mass is 9.97. The van der Waals surface area contributed by atoms with Crippen LogP contribution in [0.4, 0.5) is 0 Å². The van der Waals surface area contributed by atoms with Crippen LogP contribution in [0, 0.1) is 5.92 Å². The van der Waals surface area contributed by atoms with Gasteiger partial charge in [0.15, 0.2) is 11.5 Å². The van der Waals surface area contributed by atoms with Crippen LogP contribution in [-0.4, -0.2) is 37.3 Å². The number of para-hydroxylation sites is 1. The van der Waals surface area contributed by atoms with E-state index in [9.17, 15) is 5.11 Å². The molecule has 25 heavy (non-hydrogen) atoms. The Morgan fingerprint density at radius 2 is 1.88 bits per heavy atom. The van der Waals surface area contributed by atoms with Crippen LogP contribution in [0.25, 0.3) is 0 Å². The van der Waals surface area contributed by atoms with E-state index in [1.165, 1.54) is 17.5 Å². The zero-order valence-corrected chi connectivity index (χ0v) is 15.1. The van der Waals surface area contributed by atoms with Crippen molar-refractivity contribution < 1.29 is 14.6 Å². The second-order valence-corrected chi connectivity index (χ2v) is 6.72. The van der Waals surface area contributed by atoms with Crippen LogP contribution in [0.2, 0.25) is 0 Å². The molecule has 2 aromatic rings. The average molecular weight is 341 g/mol. The Morgan fingerprint density at radius 3 is 2.64 bits per heavy atom. The van der Waals surface area contributed by atoms with Crippen molar-refractivity contribution in [3.05, 3.63) is 59.2 Å². The standard InChI is InChI=1S/C21H27NO3/c1-24-20-8-4-7-19(21(20)25-2)14-22-10-9-17(13-22)11-16-5-3-6-18(12-16)15-23/h3-8,12,17,23H,9-11,13-15H2,1-2H3/t17-/m1/s1. The van der Waals surface area contributed by atoms with Crippen LogP contribution in [0.1, 0.15) is 23.1 Å². The van der Waals surface area contributed by atoms with Crippen LogP contribution in [0.15, 0.2) is 42.5 Å². The monoisotopic (exact) mass is 341 g/mol. The highest BCUT2D eigenvalue weighted by Crippen LogP contribution is 2.33. The quantitative estimate of drug-likeness (QED) is 0.839. The van der Waals surface area contributed by atoms with Gasteiger partial charge in [0.1, 0.15) is 0 Å². The fourth-order valence-electron chi connectivity index (χ4n) is 3.73. The van der Waals surface area contributed by atoms with Crippen LogP contribution < -0.4 is 9.47 Å². The lowest BCUT2D eigenvalue weighted by Crippen LogP contribution is -2.21. The molecule has 3 rings (SSSR count). The minimum absolute atomic E-state index is 0.111. The third-order valence-electron chi connectivity index (χ3n) is 4.95. The number of hydrogen-bond acceptors (Lipinski definition) is 4. The van der Waals surface area contributed by atoms with Crippen LogP contribution >= 0.6 is 0 Å². The second-order valence-electron chi connectivity index (χ2n) is 6.72. The highest BCUT2D eigenvalue weighted by molar-refractivity contribution is 5.46. The molecule has 0 bridgehead atoms. The Kier molecular flexibility index (Phi) is 5.95. The number of ether oxygens (including phenoxy) is 2. The van der Waals surface area contributed by atoms with E-state index in [1.807, 2.05) is 24.3 Å². The number of likely N-dealkylation sites (tertiary alicyclic amines) is 1. The SMILES string of the molecule is COc1cccc(CN2CC[C@H](Cc3cccc(CO)c3)C2)c1OC. The van der Waals surface area contributed by atoms with Gasteiger partial charge < -0.3 is 14.6 Å². The summed E-state index contributed by atoms with van der Waals surface area (Å²) in [5.74, 6) is 2.28. The van der Waals surface area contributed by atoms with E-state index in [0.29, 0.717) is 5.92 Å². The van der Waals surface area contributed by atoms with Crippen LogP contribution in [0.5, 0.6) is 11.5 Å². The van der Waals surface area contributed by atoms with Crippen LogP contribution in [0.3, 0.4) is 0 Å². The summed E-state index contributed by atoms with van der Waals surface area (Å²) in [6.07, 6.45) is 2.27. The molecule has 134 valence electrons.